The molecule has 0 radical (unpaired) electrons. The number of aliphatic hydroxyl groups excluding tert-OH is 3. The van der Waals surface area contributed by atoms with Crippen LogP contribution in [0.4, 0.5) is 0 Å². The summed E-state index contributed by atoms with van der Waals surface area (Å²) in [6.07, 6.45) is 6.45. The third kappa shape index (κ3) is 6.33. The Labute approximate surface area is 121 Å². The van der Waals surface area contributed by atoms with E-state index < -0.39 is 24.4 Å². The van der Waals surface area contributed by atoms with Crippen molar-refractivity contribution in [3.05, 3.63) is 12.2 Å². The molecule has 0 spiro atoms. The number of hydrogen-bond acceptors (Lipinski definition) is 5. The zero-order valence-electron chi connectivity index (χ0n) is 12.3. The van der Waals surface area contributed by atoms with Gasteiger partial charge >= 0.3 is 0 Å². The quantitative estimate of drug-likeness (QED) is 0.413. The average molecular weight is 288 g/mol. The second kappa shape index (κ2) is 10.3. The first-order valence-electron chi connectivity index (χ1n) is 7.55. The summed E-state index contributed by atoms with van der Waals surface area (Å²) in [5, 5.41) is 28.7. The van der Waals surface area contributed by atoms with E-state index in [1.807, 2.05) is 6.08 Å². The minimum atomic E-state index is -1.04. The lowest BCUT2D eigenvalue weighted by Crippen LogP contribution is -2.40. The second-order valence-corrected chi connectivity index (χ2v) is 5.28. The Morgan fingerprint density at radius 3 is 2.70 bits per heavy atom. The molecule has 3 N–H and O–H groups in total. The molecule has 1 aliphatic heterocycles. The standard InChI is InChI=1S/C15H28O5/c1-2-3-4-5-6-7-8-9-19-10-13(17)15-14(18)12(16)11-20-15/h7-8,12-18H,2-6,9-11H2,1H3/b8-7+/t12-,13+,14+,15+/m0/s1. The van der Waals surface area contributed by atoms with Crippen LogP contribution in [0, 0.1) is 0 Å². The van der Waals surface area contributed by atoms with Crippen LogP contribution in [0.15, 0.2) is 12.2 Å². The molecule has 1 heterocycles. The van der Waals surface area contributed by atoms with Gasteiger partial charge in [-0.05, 0) is 12.8 Å². The highest BCUT2D eigenvalue weighted by atomic mass is 16.5. The Hall–Kier alpha value is -0.460. The van der Waals surface area contributed by atoms with Gasteiger partial charge in [-0.1, -0.05) is 38.3 Å². The molecule has 5 heteroatoms. The minimum absolute atomic E-state index is 0.0561. The zero-order valence-corrected chi connectivity index (χ0v) is 12.3. The van der Waals surface area contributed by atoms with Crippen molar-refractivity contribution in [3.8, 4) is 0 Å². The molecule has 0 aromatic rings. The molecule has 0 saturated carbocycles. The van der Waals surface area contributed by atoms with Gasteiger partial charge in [0.2, 0.25) is 0 Å². The van der Waals surface area contributed by atoms with Gasteiger partial charge in [0, 0.05) is 0 Å². The molecule has 20 heavy (non-hydrogen) atoms. The molecule has 0 aromatic carbocycles. The minimum Gasteiger partial charge on any atom is -0.388 e. The van der Waals surface area contributed by atoms with Crippen molar-refractivity contribution in [3.63, 3.8) is 0 Å². The predicted molar refractivity (Wildman–Crippen MR) is 76.5 cm³/mol. The van der Waals surface area contributed by atoms with E-state index in [9.17, 15) is 15.3 Å². The smallest absolute Gasteiger partial charge is 0.114 e. The SMILES string of the molecule is CCCCCC/C=C/COC[C@@H](O)[C@H]1OC[C@H](O)[C@H]1O. The number of unbranched alkanes of at least 4 members (excludes halogenated alkanes) is 4. The summed E-state index contributed by atoms with van der Waals surface area (Å²) < 4.78 is 10.4. The molecule has 1 rings (SSSR count). The largest absolute Gasteiger partial charge is 0.388 e. The number of rotatable bonds is 10. The Bertz CT molecular complexity index is 269. The molecular weight excluding hydrogens is 260 g/mol. The van der Waals surface area contributed by atoms with Crippen molar-refractivity contribution in [1.29, 1.82) is 0 Å². The molecule has 0 amide bonds. The molecule has 0 aromatic heterocycles. The highest BCUT2D eigenvalue weighted by Gasteiger charge is 2.39. The summed E-state index contributed by atoms with van der Waals surface area (Å²) in [6, 6.07) is 0. The normalized spacial score (nSPS) is 28.3. The summed E-state index contributed by atoms with van der Waals surface area (Å²) in [6.45, 7) is 2.78. The molecular formula is C15H28O5. The van der Waals surface area contributed by atoms with Crippen LogP contribution in [-0.4, -0.2) is 59.6 Å². The van der Waals surface area contributed by atoms with Crippen LogP contribution in [0.2, 0.25) is 0 Å². The first kappa shape index (κ1) is 17.6. The molecule has 0 bridgehead atoms. The summed E-state index contributed by atoms with van der Waals surface area (Å²) in [7, 11) is 0. The van der Waals surface area contributed by atoms with E-state index in [-0.39, 0.29) is 13.2 Å². The highest BCUT2D eigenvalue weighted by Crippen LogP contribution is 2.17. The third-order valence-electron chi connectivity index (χ3n) is 3.46. The van der Waals surface area contributed by atoms with Gasteiger partial charge < -0.3 is 24.8 Å². The van der Waals surface area contributed by atoms with Gasteiger partial charge in [-0.25, -0.2) is 0 Å². The van der Waals surface area contributed by atoms with Gasteiger partial charge in [0.1, 0.15) is 24.4 Å². The Morgan fingerprint density at radius 1 is 1.25 bits per heavy atom. The number of hydrogen-bond donors (Lipinski definition) is 3. The van der Waals surface area contributed by atoms with Crippen LogP contribution in [0.5, 0.6) is 0 Å². The van der Waals surface area contributed by atoms with Gasteiger partial charge in [-0.2, -0.15) is 0 Å². The lowest BCUT2D eigenvalue weighted by Gasteiger charge is -2.20. The van der Waals surface area contributed by atoms with E-state index in [1.54, 1.807) is 0 Å². The van der Waals surface area contributed by atoms with Gasteiger partial charge in [-0.15, -0.1) is 0 Å². The molecule has 118 valence electrons. The van der Waals surface area contributed by atoms with E-state index in [4.69, 9.17) is 9.47 Å². The van der Waals surface area contributed by atoms with E-state index in [1.165, 1.54) is 25.7 Å². The van der Waals surface area contributed by atoms with Gasteiger partial charge in [0.25, 0.3) is 0 Å². The van der Waals surface area contributed by atoms with Crippen LogP contribution in [0.1, 0.15) is 39.0 Å². The molecule has 1 aliphatic rings. The maximum Gasteiger partial charge on any atom is 0.114 e. The summed E-state index contributed by atoms with van der Waals surface area (Å²) in [5.74, 6) is 0. The summed E-state index contributed by atoms with van der Waals surface area (Å²) in [5.41, 5.74) is 0. The van der Waals surface area contributed by atoms with Gasteiger partial charge in [0.15, 0.2) is 0 Å². The van der Waals surface area contributed by atoms with E-state index in [0.29, 0.717) is 6.61 Å². The summed E-state index contributed by atoms with van der Waals surface area (Å²) >= 11 is 0. The van der Waals surface area contributed by atoms with Crippen molar-refractivity contribution in [1.82, 2.24) is 0 Å². The lowest BCUT2D eigenvalue weighted by atomic mass is 10.1. The monoisotopic (exact) mass is 288 g/mol. The maximum atomic E-state index is 9.79. The Kier molecular flexibility index (Phi) is 9.05. The molecule has 1 fully saturated rings. The Morgan fingerprint density at radius 2 is 2.05 bits per heavy atom. The number of ether oxygens (including phenoxy) is 2. The molecule has 5 nitrogen and oxygen atoms in total. The molecule has 0 unspecified atom stereocenters. The van der Waals surface area contributed by atoms with E-state index in [0.717, 1.165) is 6.42 Å². The molecule has 0 aliphatic carbocycles. The van der Waals surface area contributed by atoms with Crippen LogP contribution < -0.4 is 0 Å². The van der Waals surface area contributed by atoms with Crippen molar-refractivity contribution in [2.75, 3.05) is 19.8 Å². The fraction of sp³-hybridized carbons (Fsp3) is 0.867. The topological polar surface area (TPSA) is 79.2 Å². The Balaban J connectivity index is 2.02. The summed E-state index contributed by atoms with van der Waals surface area (Å²) in [4.78, 5) is 0. The fourth-order valence-corrected chi connectivity index (χ4v) is 2.19. The lowest BCUT2D eigenvalue weighted by molar-refractivity contribution is -0.0782. The van der Waals surface area contributed by atoms with Crippen molar-refractivity contribution in [2.45, 2.75) is 63.4 Å². The van der Waals surface area contributed by atoms with Gasteiger partial charge in [-0.3, -0.25) is 0 Å². The van der Waals surface area contributed by atoms with Crippen molar-refractivity contribution in [2.24, 2.45) is 0 Å². The first-order chi connectivity index (χ1) is 9.66. The number of allylic oxidation sites excluding steroid dienone is 1. The van der Waals surface area contributed by atoms with Crippen LogP contribution >= 0.6 is 0 Å². The molecule has 4 atom stereocenters. The van der Waals surface area contributed by atoms with Crippen molar-refractivity contribution >= 4 is 0 Å². The highest BCUT2D eigenvalue weighted by molar-refractivity contribution is 4.88. The van der Waals surface area contributed by atoms with E-state index in [2.05, 4.69) is 13.0 Å². The van der Waals surface area contributed by atoms with Crippen molar-refractivity contribution < 1.29 is 24.8 Å². The predicted octanol–water partition coefficient (Wildman–Crippen LogP) is 1.01. The third-order valence-corrected chi connectivity index (χ3v) is 3.46. The van der Waals surface area contributed by atoms with Gasteiger partial charge in [0.05, 0.1) is 19.8 Å². The van der Waals surface area contributed by atoms with Crippen LogP contribution in [0.3, 0.4) is 0 Å². The zero-order chi connectivity index (χ0) is 14.8. The van der Waals surface area contributed by atoms with E-state index >= 15 is 0 Å². The van der Waals surface area contributed by atoms with Crippen LogP contribution in [-0.2, 0) is 9.47 Å². The maximum absolute atomic E-state index is 9.79. The number of aliphatic hydroxyl groups is 3. The first-order valence-corrected chi connectivity index (χ1v) is 7.55. The second-order valence-electron chi connectivity index (χ2n) is 5.28. The molecule has 1 saturated heterocycles. The average Bonchev–Trinajstić information content (AvgIpc) is 2.77. The van der Waals surface area contributed by atoms with Crippen LogP contribution in [0.25, 0.3) is 0 Å². The fourth-order valence-electron chi connectivity index (χ4n) is 2.19.